The van der Waals surface area contributed by atoms with E-state index in [0.717, 1.165) is 4.31 Å². The molecular weight excluding hydrogens is 428 g/mol. The minimum absolute atomic E-state index is 0.0697. The van der Waals surface area contributed by atoms with Crippen molar-refractivity contribution in [1.29, 1.82) is 0 Å². The Morgan fingerprint density at radius 3 is 2.25 bits per heavy atom. The summed E-state index contributed by atoms with van der Waals surface area (Å²) in [4.78, 5) is 24.5. The van der Waals surface area contributed by atoms with Gasteiger partial charge in [-0.2, -0.15) is 0 Å². The van der Waals surface area contributed by atoms with Crippen LogP contribution >= 0.6 is 0 Å². The number of carbonyl (C=O) groups excluding carboxylic acids is 2. The lowest BCUT2D eigenvalue weighted by molar-refractivity contribution is -0.114. The van der Waals surface area contributed by atoms with Crippen LogP contribution in [0.15, 0.2) is 83.8 Å². The number of carbonyl (C=O) groups is 2. The quantitative estimate of drug-likeness (QED) is 0.493. The second-order valence-corrected chi connectivity index (χ2v) is 8.80. The average Bonchev–Trinajstić information content (AvgIpc) is 2.79. The molecule has 0 aliphatic heterocycles. The Labute approximate surface area is 187 Å². The van der Waals surface area contributed by atoms with Crippen molar-refractivity contribution in [2.24, 2.45) is 0 Å². The van der Waals surface area contributed by atoms with Crippen molar-refractivity contribution < 1.29 is 22.7 Å². The zero-order chi connectivity index (χ0) is 23.1. The van der Waals surface area contributed by atoms with E-state index in [1.54, 1.807) is 66.7 Å². The summed E-state index contributed by atoms with van der Waals surface area (Å²) < 4.78 is 33.2. The predicted octanol–water partition coefficient (Wildman–Crippen LogP) is 4.12. The van der Waals surface area contributed by atoms with Crippen molar-refractivity contribution >= 4 is 33.1 Å². The number of hydrogen-bond acceptors (Lipinski definition) is 5. The maximum Gasteiger partial charge on any atom is 0.264 e. The van der Waals surface area contributed by atoms with Gasteiger partial charge in [0.15, 0.2) is 5.78 Å². The smallest absolute Gasteiger partial charge is 0.264 e. The summed E-state index contributed by atoms with van der Waals surface area (Å²) in [6, 6.07) is 20.9. The van der Waals surface area contributed by atoms with E-state index in [1.165, 1.54) is 19.1 Å². The number of ketones is 1. The standard InChI is InChI=1S/C24H24N2O5S/c1-3-31-22-14-12-21(13-15-22)26(32(29,30)23-10-5-4-6-11-23)17-24(28)25-20-9-7-8-19(16-20)18(2)27/h4-16H,3,17H2,1-2H3,(H,25,28). The molecule has 3 aromatic carbocycles. The van der Waals surface area contributed by atoms with Gasteiger partial charge in [-0.3, -0.25) is 13.9 Å². The number of anilines is 2. The van der Waals surface area contributed by atoms with Crippen molar-refractivity contribution in [3.8, 4) is 5.75 Å². The number of hydrogen-bond donors (Lipinski definition) is 1. The molecule has 0 atom stereocenters. The van der Waals surface area contributed by atoms with Crippen LogP contribution in [0, 0.1) is 0 Å². The van der Waals surface area contributed by atoms with Gasteiger partial charge in [-0.05, 0) is 62.4 Å². The zero-order valence-electron chi connectivity index (χ0n) is 17.8. The Kier molecular flexibility index (Phi) is 7.27. The number of Topliss-reactive ketones (excluding diaryl/α,β-unsaturated/α-hetero) is 1. The first-order valence-corrected chi connectivity index (χ1v) is 11.5. The molecule has 1 N–H and O–H groups in total. The molecular formula is C24H24N2O5S. The van der Waals surface area contributed by atoms with Gasteiger partial charge < -0.3 is 10.1 Å². The highest BCUT2D eigenvalue weighted by molar-refractivity contribution is 7.92. The van der Waals surface area contributed by atoms with Crippen LogP contribution in [0.25, 0.3) is 0 Å². The third-order valence-corrected chi connectivity index (χ3v) is 6.40. The molecule has 0 saturated heterocycles. The van der Waals surface area contributed by atoms with Gasteiger partial charge in [-0.15, -0.1) is 0 Å². The van der Waals surface area contributed by atoms with E-state index in [4.69, 9.17) is 4.74 Å². The molecule has 32 heavy (non-hydrogen) atoms. The highest BCUT2D eigenvalue weighted by atomic mass is 32.2. The van der Waals surface area contributed by atoms with Crippen LogP contribution in [0.5, 0.6) is 5.75 Å². The van der Waals surface area contributed by atoms with Crippen LogP contribution in [-0.2, 0) is 14.8 Å². The third-order valence-electron chi connectivity index (χ3n) is 4.61. The molecule has 3 aromatic rings. The first-order valence-electron chi connectivity index (χ1n) is 10.0. The Hall–Kier alpha value is -3.65. The van der Waals surface area contributed by atoms with Crippen LogP contribution in [-0.4, -0.2) is 33.3 Å². The van der Waals surface area contributed by atoms with E-state index in [0.29, 0.717) is 29.3 Å². The largest absolute Gasteiger partial charge is 0.494 e. The first kappa shape index (κ1) is 23.0. The molecule has 3 rings (SSSR count). The molecule has 0 heterocycles. The van der Waals surface area contributed by atoms with Gasteiger partial charge in [-0.25, -0.2) is 8.42 Å². The topological polar surface area (TPSA) is 92.8 Å². The highest BCUT2D eigenvalue weighted by Gasteiger charge is 2.27. The summed E-state index contributed by atoms with van der Waals surface area (Å²) in [5.41, 5.74) is 1.18. The van der Waals surface area contributed by atoms with E-state index in [-0.39, 0.29) is 10.7 Å². The molecule has 0 radical (unpaired) electrons. The summed E-state index contributed by atoms with van der Waals surface area (Å²) in [6.45, 7) is 3.31. The van der Waals surface area contributed by atoms with Crippen LogP contribution in [0.2, 0.25) is 0 Å². The van der Waals surface area contributed by atoms with Gasteiger partial charge in [0.05, 0.1) is 17.2 Å². The van der Waals surface area contributed by atoms with Crippen LogP contribution < -0.4 is 14.4 Å². The lowest BCUT2D eigenvalue weighted by atomic mass is 10.1. The van der Waals surface area contributed by atoms with Crippen LogP contribution in [0.3, 0.4) is 0 Å². The molecule has 0 aliphatic rings. The van der Waals surface area contributed by atoms with E-state index in [9.17, 15) is 18.0 Å². The van der Waals surface area contributed by atoms with Gasteiger partial charge in [-0.1, -0.05) is 30.3 Å². The van der Waals surface area contributed by atoms with Crippen LogP contribution in [0.1, 0.15) is 24.2 Å². The van der Waals surface area contributed by atoms with E-state index in [2.05, 4.69) is 5.32 Å². The maximum atomic E-state index is 13.3. The molecule has 0 aromatic heterocycles. The van der Waals surface area contributed by atoms with Gasteiger partial charge in [0.2, 0.25) is 5.91 Å². The van der Waals surface area contributed by atoms with Gasteiger partial charge in [0, 0.05) is 11.3 Å². The second-order valence-electron chi connectivity index (χ2n) is 6.94. The number of nitrogens with zero attached hydrogens (tertiary/aromatic N) is 1. The molecule has 166 valence electrons. The molecule has 1 amide bonds. The number of nitrogens with one attached hydrogen (secondary N) is 1. The van der Waals surface area contributed by atoms with Gasteiger partial charge in [0.1, 0.15) is 12.3 Å². The maximum absolute atomic E-state index is 13.3. The normalized spacial score (nSPS) is 10.9. The van der Waals surface area contributed by atoms with Gasteiger partial charge >= 0.3 is 0 Å². The molecule has 0 fully saturated rings. The van der Waals surface area contributed by atoms with Gasteiger partial charge in [0.25, 0.3) is 10.0 Å². The number of ether oxygens (including phenoxy) is 1. The summed E-state index contributed by atoms with van der Waals surface area (Å²) in [5, 5.41) is 2.67. The van der Waals surface area contributed by atoms with E-state index < -0.39 is 22.5 Å². The number of sulfonamides is 1. The molecule has 0 aliphatic carbocycles. The third kappa shape index (κ3) is 5.53. The lowest BCUT2D eigenvalue weighted by Crippen LogP contribution is -2.38. The molecule has 8 heteroatoms. The summed E-state index contributed by atoms with van der Waals surface area (Å²) >= 11 is 0. The molecule has 0 spiro atoms. The monoisotopic (exact) mass is 452 g/mol. The highest BCUT2D eigenvalue weighted by Crippen LogP contribution is 2.26. The number of amides is 1. The number of rotatable bonds is 9. The minimum atomic E-state index is -4.01. The van der Waals surface area contributed by atoms with Crippen LogP contribution in [0.4, 0.5) is 11.4 Å². The summed E-state index contributed by atoms with van der Waals surface area (Å²) in [7, 11) is -4.01. The fourth-order valence-electron chi connectivity index (χ4n) is 3.06. The predicted molar refractivity (Wildman–Crippen MR) is 124 cm³/mol. The lowest BCUT2D eigenvalue weighted by Gasteiger charge is -2.24. The molecule has 0 saturated carbocycles. The number of benzene rings is 3. The van der Waals surface area contributed by atoms with Crippen molar-refractivity contribution in [3.05, 3.63) is 84.4 Å². The Balaban J connectivity index is 1.91. The van der Waals surface area contributed by atoms with Crippen molar-refractivity contribution in [1.82, 2.24) is 0 Å². The summed E-state index contributed by atoms with van der Waals surface area (Å²) in [6.07, 6.45) is 0. The first-order chi connectivity index (χ1) is 15.3. The van der Waals surface area contributed by atoms with E-state index in [1.807, 2.05) is 6.92 Å². The van der Waals surface area contributed by atoms with Crippen molar-refractivity contribution in [2.45, 2.75) is 18.7 Å². The fraction of sp³-hybridized carbons (Fsp3) is 0.167. The summed E-state index contributed by atoms with van der Waals surface area (Å²) in [5.74, 6) is -0.0818. The Morgan fingerprint density at radius 1 is 0.938 bits per heavy atom. The molecule has 7 nitrogen and oxygen atoms in total. The Morgan fingerprint density at radius 2 is 1.62 bits per heavy atom. The average molecular weight is 453 g/mol. The molecule has 0 bridgehead atoms. The molecule has 0 unspecified atom stereocenters. The second kappa shape index (κ2) is 10.1. The Bertz CT molecular complexity index is 1190. The zero-order valence-corrected chi connectivity index (χ0v) is 18.6. The van der Waals surface area contributed by atoms with Crippen molar-refractivity contribution in [3.63, 3.8) is 0 Å². The van der Waals surface area contributed by atoms with Crippen molar-refractivity contribution in [2.75, 3.05) is 22.8 Å². The van der Waals surface area contributed by atoms with E-state index >= 15 is 0 Å². The SMILES string of the molecule is CCOc1ccc(N(CC(=O)Nc2cccc(C(C)=O)c2)S(=O)(=O)c2ccccc2)cc1. The minimum Gasteiger partial charge on any atom is -0.494 e. The fourth-order valence-corrected chi connectivity index (χ4v) is 4.50.